The molecule has 0 bridgehead atoms. The van der Waals surface area contributed by atoms with Gasteiger partial charge in [-0.25, -0.2) is 0 Å². The lowest BCUT2D eigenvalue weighted by Crippen LogP contribution is -2.21. The van der Waals surface area contributed by atoms with Gasteiger partial charge in [-0.05, 0) is 31.1 Å². The van der Waals surface area contributed by atoms with E-state index in [0.717, 1.165) is 6.42 Å². The molecule has 1 N–H and O–H groups in total. The molecule has 1 rings (SSSR count). The summed E-state index contributed by atoms with van der Waals surface area (Å²) in [5, 5.41) is 9.97. The van der Waals surface area contributed by atoms with E-state index in [-0.39, 0.29) is 6.10 Å². The Hall–Kier alpha value is -0.0400. The van der Waals surface area contributed by atoms with E-state index >= 15 is 0 Å². The van der Waals surface area contributed by atoms with Crippen molar-refractivity contribution in [3.05, 3.63) is 0 Å². The van der Waals surface area contributed by atoms with Crippen LogP contribution in [-0.2, 0) is 0 Å². The van der Waals surface area contributed by atoms with Crippen molar-refractivity contribution in [1.29, 1.82) is 0 Å². The second kappa shape index (κ2) is 5.64. The maximum atomic E-state index is 9.97. The van der Waals surface area contributed by atoms with Gasteiger partial charge in [-0.2, -0.15) is 0 Å². The van der Waals surface area contributed by atoms with Crippen molar-refractivity contribution in [1.82, 2.24) is 0 Å². The molecule has 0 radical (unpaired) electrons. The minimum Gasteiger partial charge on any atom is -0.393 e. The standard InChI is InChI=1S/C12H24O/c1-10(2)9-12(13)11-7-5-3-4-6-8-11/h10-13H,3-9H2,1-2H3. The molecule has 0 aromatic carbocycles. The first-order valence-corrected chi connectivity index (χ1v) is 5.88. The molecule has 13 heavy (non-hydrogen) atoms. The van der Waals surface area contributed by atoms with Gasteiger partial charge < -0.3 is 5.11 Å². The number of hydrogen-bond acceptors (Lipinski definition) is 1. The molecule has 0 aliphatic heterocycles. The molecule has 1 unspecified atom stereocenters. The lowest BCUT2D eigenvalue weighted by molar-refractivity contribution is 0.0784. The van der Waals surface area contributed by atoms with Crippen LogP contribution in [0.5, 0.6) is 0 Å². The normalized spacial score (nSPS) is 23.1. The van der Waals surface area contributed by atoms with Gasteiger partial charge in [0, 0.05) is 0 Å². The third-order valence-corrected chi connectivity index (χ3v) is 3.16. The largest absolute Gasteiger partial charge is 0.393 e. The molecule has 0 aromatic rings. The quantitative estimate of drug-likeness (QED) is 0.667. The molecular formula is C12H24O. The summed E-state index contributed by atoms with van der Waals surface area (Å²) < 4.78 is 0. The Morgan fingerprint density at radius 3 is 2.08 bits per heavy atom. The van der Waals surface area contributed by atoms with E-state index < -0.39 is 0 Å². The third-order valence-electron chi connectivity index (χ3n) is 3.16. The van der Waals surface area contributed by atoms with E-state index in [1.165, 1.54) is 38.5 Å². The van der Waals surface area contributed by atoms with Gasteiger partial charge in [-0.3, -0.25) is 0 Å². The van der Waals surface area contributed by atoms with Crippen LogP contribution in [0.15, 0.2) is 0 Å². The van der Waals surface area contributed by atoms with Crippen LogP contribution in [0.25, 0.3) is 0 Å². The fourth-order valence-electron chi connectivity index (χ4n) is 2.37. The monoisotopic (exact) mass is 184 g/mol. The van der Waals surface area contributed by atoms with Gasteiger partial charge in [0.05, 0.1) is 6.10 Å². The van der Waals surface area contributed by atoms with Crippen molar-refractivity contribution < 1.29 is 5.11 Å². The molecule has 1 nitrogen and oxygen atoms in total. The summed E-state index contributed by atoms with van der Waals surface area (Å²) in [5.74, 6) is 1.24. The highest BCUT2D eigenvalue weighted by Crippen LogP contribution is 2.27. The Kier molecular flexibility index (Phi) is 4.79. The van der Waals surface area contributed by atoms with Crippen LogP contribution >= 0.6 is 0 Å². The van der Waals surface area contributed by atoms with E-state index in [9.17, 15) is 5.11 Å². The van der Waals surface area contributed by atoms with Crippen LogP contribution in [-0.4, -0.2) is 11.2 Å². The molecule has 0 saturated heterocycles. The second-order valence-corrected chi connectivity index (χ2v) is 4.95. The fraction of sp³-hybridized carbons (Fsp3) is 1.00. The van der Waals surface area contributed by atoms with Crippen LogP contribution in [0, 0.1) is 11.8 Å². The Morgan fingerprint density at radius 1 is 1.08 bits per heavy atom. The summed E-state index contributed by atoms with van der Waals surface area (Å²) in [5.41, 5.74) is 0. The van der Waals surface area contributed by atoms with Crippen molar-refractivity contribution in [3.63, 3.8) is 0 Å². The third kappa shape index (κ3) is 4.12. The Morgan fingerprint density at radius 2 is 1.62 bits per heavy atom. The average Bonchev–Trinajstić information content (AvgIpc) is 2.29. The molecule has 1 saturated carbocycles. The predicted octanol–water partition coefficient (Wildman–Crippen LogP) is 3.36. The van der Waals surface area contributed by atoms with Crippen LogP contribution in [0.2, 0.25) is 0 Å². The molecule has 1 aliphatic carbocycles. The maximum Gasteiger partial charge on any atom is 0.0570 e. The van der Waals surface area contributed by atoms with Crippen LogP contribution in [0.1, 0.15) is 58.8 Å². The first kappa shape index (κ1) is 11.0. The van der Waals surface area contributed by atoms with Gasteiger partial charge in [0.1, 0.15) is 0 Å². The van der Waals surface area contributed by atoms with Crippen molar-refractivity contribution in [2.24, 2.45) is 11.8 Å². The zero-order valence-electron chi connectivity index (χ0n) is 9.13. The zero-order chi connectivity index (χ0) is 9.68. The number of aliphatic hydroxyl groups excluding tert-OH is 1. The SMILES string of the molecule is CC(C)CC(O)C1CCCCCC1. The number of aliphatic hydroxyl groups is 1. The molecule has 1 heteroatoms. The molecule has 1 atom stereocenters. The topological polar surface area (TPSA) is 20.2 Å². The Labute approximate surface area is 82.5 Å². The Bertz CT molecular complexity index is 123. The van der Waals surface area contributed by atoms with Gasteiger partial charge in [0.25, 0.3) is 0 Å². The molecule has 78 valence electrons. The first-order chi connectivity index (χ1) is 6.20. The lowest BCUT2D eigenvalue weighted by atomic mass is 9.89. The van der Waals surface area contributed by atoms with E-state index in [0.29, 0.717) is 11.8 Å². The summed E-state index contributed by atoms with van der Waals surface area (Å²) >= 11 is 0. The molecule has 0 spiro atoms. The molecule has 0 heterocycles. The zero-order valence-corrected chi connectivity index (χ0v) is 9.13. The summed E-state index contributed by atoms with van der Waals surface area (Å²) in [7, 11) is 0. The predicted molar refractivity (Wildman–Crippen MR) is 56.7 cm³/mol. The highest BCUT2D eigenvalue weighted by Gasteiger charge is 2.20. The van der Waals surface area contributed by atoms with E-state index in [1.54, 1.807) is 0 Å². The molecule has 0 amide bonds. The van der Waals surface area contributed by atoms with E-state index in [2.05, 4.69) is 13.8 Å². The first-order valence-electron chi connectivity index (χ1n) is 5.88. The van der Waals surface area contributed by atoms with Crippen molar-refractivity contribution in [2.75, 3.05) is 0 Å². The van der Waals surface area contributed by atoms with Crippen LogP contribution in [0.3, 0.4) is 0 Å². The maximum absolute atomic E-state index is 9.97. The fourth-order valence-corrected chi connectivity index (χ4v) is 2.37. The van der Waals surface area contributed by atoms with Crippen molar-refractivity contribution >= 4 is 0 Å². The molecule has 0 aromatic heterocycles. The average molecular weight is 184 g/mol. The van der Waals surface area contributed by atoms with Crippen molar-refractivity contribution in [2.45, 2.75) is 64.9 Å². The van der Waals surface area contributed by atoms with Crippen LogP contribution in [0.4, 0.5) is 0 Å². The highest BCUT2D eigenvalue weighted by molar-refractivity contribution is 4.72. The van der Waals surface area contributed by atoms with Crippen LogP contribution < -0.4 is 0 Å². The van der Waals surface area contributed by atoms with Gasteiger partial charge >= 0.3 is 0 Å². The van der Waals surface area contributed by atoms with Gasteiger partial charge in [-0.1, -0.05) is 39.5 Å². The lowest BCUT2D eigenvalue weighted by Gasteiger charge is -2.22. The minimum absolute atomic E-state index is 0.0295. The second-order valence-electron chi connectivity index (χ2n) is 4.95. The minimum atomic E-state index is -0.0295. The number of rotatable bonds is 3. The highest BCUT2D eigenvalue weighted by atomic mass is 16.3. The molecule has 1 fully saturated rings. The summed E-state index contributed by atoms with van der Waals surface area (Å²) in [4.78, 5) is 0. The number of hydrogen-bond donors (Lipinski definition) is 1. The Balaban J connectivity index is 2.30. The smallest absolute Gasteiger partial charge is 0.0570 e. The summed E-state index contributed by atoms with van der Waals surface area (Å²) in [6.07, 6.45) is 8.90. The van der Waals surface area contributed by atoms with Gasteiger partial charge in [0.2, 0.25) is 0 Å². The van der Waals surface area contributed by atoms with Gasteiger partial charge in [0.15, 0.2) is 0 Å². The molecular weight excluding hydrogens is 160 g/mol. The summed E-state index contributed by atoms with van der Waals surface area (Å²) in [6, 6.07) is 0. The van der Waals surface area contributed by atoms with Gasteiger partial charge in [-0.15, -0.1) is 0 Å². The van der Waals surface area contributed by atoms with E-state index in [4.69, 9.17) is 0 Å². The van der Waals surface area contributed by atoms with Crippen molar-refractivity contribution in [3.8, 4) is 0 Å². The van der Waals surface area contributed by atoms with E-state index in [1.807, 2.05) is 0 Å². The summed E-state index contributed by atoms with van der Waals surface area (Å²) in [6.45, 7) is 4.39. The molecule has 1 aliphatic rings.